The van der Waals surface area contributed by atoms with Gasteiger partial charge in [0.15, 0.2) is 0 Å². The zero-order valence-electron chi connectivity index (χ0n) is 16.8. The van der Waals surface area contributed by atoms with Crippen molar-refractivity contribution >= 4 is 23.2 Å². The van der Waals surface area contributed by atoms with Gasteiger partial charge in [-0.25, -0.2) is 4.98 Å². The van der Waals surface area contributed by atoms with Crippen molar-refractivity contribution in [2.45, 2.75) is 18.4 Å². The number of hydrogen-bond donors (Lipinski definition) is 0. The Bertz CT molecular complexity index is 1190. The minimum Gasteiger partial charge on any atom is -0.489 e. The SMILES string of the molecule is Clc1ccc(C2(Cn3ccnc3)OCC(COc3ccccc3-n3cnnc3)O2)c(Cl)c1. The monoisotopic (exact) mass is 471 g/mol. The summed E-state index contributed by atoms with van der Waals surface area (Å²) in [4.78, 5) is 4.12. The average molecular weight is 472 g/mol. The maximum atomic E-state index is 6.52. The van der Waals surface area contributed by atoms with Gasteiger partial charge in [-0.2, -0.15) is 0 Å². The molecule has 2 unspecified atom stereocenters. The third kappa shape index (κ3) is 4.22. The molecule has 0 aliphatic carbocycles. The molecule has 10 heteroatoms. The molecule has 0 bridgehead atoms. The maximum Gasteiger partial charge on any atom is 0.215 e. The van der Waals surface area contributed by atoms with Gasteiger partial charge < -0.3 is 18.8 Å². The van der Waals surface area contributed by atoms with E-state index in [0.29, 0.717) is 34.5 Å². The number of para-hydroxylation sites is 2. The molecule has 1 aliphatic rings. The van der Waals surface area contributed by atoms with E-state index in [-0.39, 0.29) is 12.7 Å². The molecule has 0 N–H and O–H groups in total. The number of hydrogen-bond acceptors (Lipinski definition) is 6. The second-order valence-corrected chi connectivity index (χ2v) is 8.15. The molecule has 32 heavy (non-hydrogen) atoms. The Morgan fingerprint density at radius 3 is 2.72 bits per heavy atom. The molecule has 0 amide bonds. The minimum absolute atomic E-state index is 0.288. The van der Waals surface area contributed by atoms with Crippen molar-refractivity contribution in [2.75, 3.05) is 13.2 Å². The Balaban J connectivity index is 1.37. The molecule has 164 valence electrons. The molecule has 2 aromatic heterocycles. The molecule has 3 heterocycles. The second kappa shape index (κ2) is 8.91. The summed E-state index contributed by atoms with van der Waals surface area (Å²) in [5.74, 6) is -0.406. The smallest absolute Gasteiger partial charge is 0.215 e. The standard InChI is InChI=1S/C22H19Cl2N5O3/c23-16-5-6-18(19(24)9-16)22(12-28-8-7-25-13-28)31-11-17(32-22)10-30-21-4-2-1-3-20(21)29-14-26-27-15-29/h1-9,13-15,17H,10-12H2. The van der Waals surface area contributed by atoms with Crippen molar-refractivity contribution in [3.8, 4) is 11.4 Å². The quantitative estimate of drug-likeness (QED) is 0.403. The molecule has 2 aromatic carbocycles. The first-order valence-electron chi connectivity index (χ1n) is 9.93. The van der Waals surface area contributed by atoms with Crippen LogP contribution in [0, 0.1) is 0 Å². The van der Waals surface area contributed by atoms with Crippen LogP contribution in [0.1, 0.15) is 5.56 Å². The number of ether oxygens (including phenoxy) is 3. The highest BCUT2D eigenvalue weighted by Gasteiger charge is 2.45. The summed E-state index contributed by atoms with van der Waals surface area (Å²) >= 11 is 12.6. The Morgan fingerprint density at radius 2 is 1.94 bits per heavy atom. The van der Waals surface area contributed by atoms with E-state index in [1.54, 1.807) is 41.9 Å². The van der Waals surface area contributed by atoms with E-state index in [0.717, 1.165) is 5.69 Å². The predicted molar refractivity (Wildman–Crippen MR) is 118 cm³/mol. The molecule has 1 saturated heterocycles. The average Bonchev–Trinajstić information content (AvgIpc) is 3.56. The van der Waals surface area contributed by atoms with E-state index in [1.165, 1.54) is 0 Å². The molecule has 0 saturated carbocycles. The Kier molecular flexibility index (Phi) is 5.84. The number of benzene rings is 2. The minimum atomic E-state index is -1.09. The zero-order valence-corrected chi connectivity index (χ0v) is 18.4. The lowest BCUT2D eigenvalue weighted by atomic mass is 10.1. The van der Waals surface area contributed by atoms with E-state index in [2.05, 4.69) is 15.2 Å². The number of rotatable bonds is 7. The predicted octanol–water partition coefficient (Wildman–Crippen LogP) is 4.12. The fourth-order valence-electron chi connectivity index (χ4n) is 3.68. The summed E-state index contributed by atoms with van der Waals surface area (Å²) in [6, 6.07) is 12.9. The van der Waals surface area contributed by atoms with Crippen molar-refractivity contribution in [3.05, 3.63) is 89.4 Å². The fraction of sp³-hybridized carbons (Fsp3) is 0.227. The van der Waals surface area contributed by atoms with E-state index < -0.39 is 5.79 Å². The molecular formula is C22H19Cl2N5O3. The summed E-state index contributed by atoms with van der Waals surface area (Å²) in [5, 5.41) is 8.74. The van der Waals surface area contributed by atoms with Crippen molar-refractivity contribution < 1.29 is 14.2 Å². The van der Waals surface area contributed by atoms with Crippen LogP contribution in [0.3, 0.4) is 0 Å². The zero-order chi connectivity index (χ0) is 22.0. The Morgan fingerprint density at radius 1 is 1.09 bits per heavy atom. The Hall–Kier alpha value is -2.91. The Labute approximate surface area is 194 Å². The summed E-state index contributed by atoms with van der Waals surface area (Å²) in [7, 11) is 0. The number of imidazole rings is 1. The van der Waals surface area contributed by atoms with Crippen LogP contribution in [0.5, 0.6) is 5.75 Å². The highest BCUT2D eigenvalue weighted by Crippen LogP contribution is 2.40. The lowest BCUT2D eigenvalue weighted by Gasteiger charge is -2.30. The van der Waals surface area contributed by atoms with Gasteiger partial charge in [0.1, 0.15) is 31.1 Å². The van der Waals surface area contributed by atoms with E-state index in [9.17, 15) is 0 Å². The molecule has 5 rings (SSSR count). The van der Waals surface area contributed by atoms with Gasteiger partial charge >= 0.3 is 0 Å². The number of halogens is 2. The topological polar surface area (TPSA) is 76.2 Å². The van der Waals surface area contributed by atoms with Crippen LogP contribution >= 0.6 is 23.2 Å². The molecule has 1 fully saturated rings. The number of nitrogens with zero attached hydrogens (tertiary/aromatic N) is 5. The van der Waals surface area contributed by atoms with Crippen molar-refractivity contribution in [1.82, 2.24) is 24.3 Å². The van der Waals surface area contributed by atoms with Gasteiger partial charge in [-0.15, -0.1) is 10.2 Å². The highest BCUT2D eigenvalue weighted by molar-refractivity contribution is 6.35. The molecule has 8 nitrogen and oxygen atoms in total. The van der Waals surface area contributed by atoms with Gasteiger partial charge in [0.05, 0.1) is 30.2 Å². The largest absolute Gasteiger partial charge is 0.489 e. The van der Waals surface area contributed by atoms with Gasteiger partial charge in [-0.3, -0.25) is 4.57 Å². The van der Waals surface area contributed by atoms with Crippen LogP contribution in [-0.2, 0) is 21.8 Å². The lowest BCUT2D eigenvalue weighted by molar-refractivity contribution is -0.189. The molecule has 0 radical (unpaired) electrons. The molecule has 0 spiro atoms. The van der Waals surface area contributed by atoms with Crippen molar-refractivity contribution in [3.63, 3.8) is 0 Å². The van der Waals surface area contributed by atoms with Gasteiger partial charge in [0, 0.05) is 23.0 Å². The van der Waals surface area contributed by atoms with E-state index >= 15 is 0 Å². The van der Waals surface area contributed by atoms with Gasteiger partial charge in [0.2, 0.25) is 5.79 Å². The fourth-order valence-corrected chi connectivity index (χ4v) is 4.23. The van der Waals surface area contributed by atoms with Crippen molar-refractivity contribution in [2.24, 2.45) is 0 Å². The third-order valence-electron chi connectivity index (χ3n) is 5.14. The maximum absolute atomic E-state index is 6.52. The molecular weight excluding hydrogens is 453 g/mol. The lowest BCUT2D eigenvalue weighted by Crippen LogP contribution is -2.34. The van der Waals surface area contributed by atoms with Crippen LogP contribution in [0.15, 0.2) is 73.8 Å². The molecule has 4 aromatic rings. The van der Waals surface area contributed by atoms with E-state index in [4.69, 9.17) is 37.4 Å². The third-order valence-corrected chi connectivity index (χ3v) is 5.69. The summed E-state index contributed by atoms with van der Waals surface area (Å²) in [6.45, 7) is 1.00. The highest BCUT2D eigenvalue weighted by atomic mass is 35.5. The number of aromatic nitrogens is 5. The molecule has 1 aliphatic heterocycles. The summed E-state index contributed by atoms with van der Waals surface area (Å²) in [5.41, 5.74) is 1.53. The van der Waals surface area contributed by atoms with Crippen LogP contribution in [0.2, 0.25) is 10.0 Å². The van der Waals surface area contributed by atoms with E-state index in [1.807, 2.05) is 41.1 Å². The first kappa shape index (κ1) is 21.0. The van der Waals surface area contributed by atoms with Crippen LogP contribution in [0.25, 0.3) is 5.69 Å². The summed E-state index contributed by atoms with van der Waals surface area (Å²) < 4.78 is 22.4. The molecule has 2 atom stereocenters. The van der Waals surface area contributed by atoms with Gasteiger partial charge in [-0.1, -0.05) is 41.4 Å². The van der Waals surface area contributed by atoms with Gasteiger partial charge in [0.25, 0.3) is 0 Å². The summed E-state index contributed by atoms with van der Waals surface area (Å²) in [6.07, 6.45) is 8.18. The van der Waals surface area contributed by atoms with Crippen LogP contribution in [0.4, 0.5) is 0 Å². The normalized spacial score (nSPS) is 20.5. The van der Waals surface area contributed by atoms with Crippen LogP contribution < -0.4 is 4.74 Å². The first-order chi connectivity index (χ1) is 15.6. The van der Waals surface area contributed by atoms with Gasteiger partial charge in [-0.05, 0) is 24.3 Å². The van der Waals surface area contributed by atoms with Crippen molar-refractivity contribution in [1.29, 1.82) is 0 Å². The second-order valence-electron chi connectivity index (χ2n) is 7.31. The first-order valence-corrected chi connectivity index (χ1v) is 10.7. The van der Waals surface area contributed by atoms with Crippen LogP contribution in [-0.4, -0.2) is 43.6 Å².